The minimum absolute atomic E-state index is 0.0449. The number of fused-ring (bicyclic) bond motifs is 2. The van der Waals surface area contributed by atoms with Crippen LogP contribution in [0.5, 0.6) is 0 Å². The van der Waals surface area contributed by atoms with E-state index in [4.69, 9.17) is 10.2 Å². The number of amides is 4. The monoisotopic (exact) mass is 796 g/mol. The lowest BCUT2D eigenvalue weighted by atomic mass is 10.0. The van der Waals surface area contributed by atoms with Crippen molar-refractivity contribution in [2.75, 3.05) is 5.32 Å². The van der Waals surface area contributed by atoms with Gasteiger partial charge >= 0.3 is 23.7 Å². The fraction of sp³-hybridized carbons (Fsp3) is 0.278. The molecule has 0 aliphatic rings. The molecule has 3 aromatic heterocycles. The van der Waals surface area contributed by atoms with E-state index >= 15 is 0 Å². The Morgan fingerprint density at radius 3 is 2.21 bits per heavy atom. The number of hydrogen-bond donors (Lipinski definition) is 9. The van der Waals surface area contributed by atoms with Crippen molar-refractivity contribution in [2.45, 2.75) is 62.4 Å². The molecule has 0 spiro atoms. The Bertz CT molecular complexity index is 2360. The molecule has 0 saturated heterocycles. The van der Waals surface area contributed by atoms with Gasteiger partial charge in [-0.15, -0.1) is 0 Å². The highest BCUT2D eigenvalue weighted by Crippen LogP contribution is 2.34. The molecule has 2 aromatic carbocycles. The standard InChI is InChI=1S/C36H35F3N8O10/c37-36(38,39)22-12-31(52)57-28-11-18(5-6-21(22)28)44-34(55)27(13-30(50)51)47-35(56)26(10-19-15-41-16-43-19)46-33(54)25(7-8-29(48)49)45-32(53)23(40)9-17-14-42-24-4-2-1-3-20(17)24/h1-6,11-12,14-16,23,25-27,42H,7-10,13,40H2,(H,41,43)(H,44,55)(H,45,53)(H,46,54)(H,47,56)(H,48,49)(H,50,51)/t23-,25-,26+,27-/m1/s1. The summed E-state index contributed by atoms with van der Waals surface area (Å²) in [4.78, 5) is 98.6. The van der Waals surface area contributed by atoms with Gasteiger partial charge in [0.15, 0.2) is 0 Å². The zero-order valence-electron chi connectivity index (χ0n) is 29.5. The van der Waals surface area contributed by atoms with Crippen molar-refractivity contribution in [1.82, 2.24) is 30.9 Å². The molecule has 4 amide bonds. The normalized spacial score (nSPS) is 13.6. The highest BCUT2D eigenvalue weighted by molar-refractivity contribution is 6.01. The lowest BCUT2D eigenvalue weighted by molar-refractivity contribution is -0.140. The number of carbonyl (C=O) groups excluding carboxylic acids is 4. The number of imidazole rings is 1. The molecule has 10 N–H and O–H groups in total. The Balaban J connectivity index is 1.33. The molecule has 5 aromatic rings. The van der Waals surface area contributed by atoms with Gasteiger partial charge in [0, 0.05) is 65.0 Å². The number of rotatable bonds is 17. The van der Waals surface area contributed by atoms with Crippen molar-refractivity contribution >= 4 is 63.1 Å². The average Bonchev–Trinajstić information content (AvgIpc) is 3.81. The Morgan fingerprint density at radius 1 is 0.825 bits per heavy atom. The lowest BCUT2D eigenvalue weighted by Gasteiger charge is -2.25. The van der Waals surface area contributed by atoms with E-state index in [1.54, 1.807) is 12.3 Å². The van der Waals surface area contributed by atoms with Crippen LogP contribution in [0.25, 0.3) is 21.9 Å². The van der Waals surface area contributed by atoms with Gasteiger partial charge < -0.3 is 51.6 Å². The number of alkyl halides is 3. The summed E-state index contributed by atoms with van der Waals surface area (Å²) < 4.78 is 45.4. The number of H-pyrrole nitrogens is 2. The van der Waals surface area contributed by atoms with E-state index in [2.05, 4.69) is 36.2 Å². The molecule has 0 unspecified atom stereocenters. The van der Waals surface area contributed by atoms with Crippen LogP contribution in [0, 0.1) is 0 Å². The maximum Gasteiger partial charge on any atom is 0.417 e. The molecule has 0 saturated carbocycles. The first-order valence-corrected chi connectivity index (χ1v) is 17.1. The highest BCUT2D eigenvalue weighted by Gasteiger charge is 2.35. The molecular weight excluding hydrogens is 761 g/mol. The van der Waals surface area contributed by atoms with Crippen molar-refractivity contribution < 1.29 is 56.6 Å². The predicted octanol–water partition coefficient (Wildman–Crippen LogP) is 1.56. The van der Waals surface area contributed by atoms with Crippen molar-refractivity contribution in [2.24, 2.45) is 5.73 Å². The van der Waals surface area contributed by atoms with Crippen LogP contribution in [0.2, 0.25) is 0 Å². The van der Waals surface area contributed by atoms with Crippen molar-refractivity contribution in [3.05, 3.63) is 94.5 Å². The second kappa shape index (κ2) is 17.6. The Labute approximate surface area is 318 Å². The van der Waals surface area contributed by atoms with Gasteiger partial charge in [-0.1, -0.05) is 18.2 Å². The lowest BCUT2D eigenvalue weighted by Crippen LogP contribution is -2.58. The molecule has 3 heterocycles. The van der Waals surface area contributed by atoms with Crippen molar-refractivity contribution in [1.29, 1.82) is 0 Å². The number of para-hydroxylation sites is 1. The van der Waals surface area contributed by atoms with Crippen LogP contribution in [-0.2, 0) is 47.8 Å². The maximum atomic E-state index is 13.7. The van der Waals surface area contributed by atoms with E-state index in [1.165, 1.54) is 12.5 Å². The highest BCUT2D eigenvalue weighted by atomic mass is 19.4. The summed E-state index contributed by atoms with van der Waals surface area (Å²) in [6.07, 6.45) is -2.94. The molecule has 18 nitrogen and oxygen atoms in total. The van der Waals surface area contributed by atoms with Gasteiger partial charge in [0.05, 0.1) is 24.4 Å². The third kappa shape index (κ3) is 10.8. The number of nitrogens with two attached hydrogens (primary N) is 1. The molecule has 300 valence electrons. The summed E-state index contributed by atoms with van der Waals surface area (Å²) in [5.74, 6) is -6.92. The van der Waals surface area contributed by atoms with Gasteiger partial charge in [0.2, 0.25) is 23.6 Å². The number of benzene rings is 2. The van der Waals surface area contributed by atoms with Crippen LogP contribution in [0.3, 0.4) is 0 Å². The zero-order chi connectivity index (χ0) is 41.4. The average molecular weight is 797 g/mol. The second-order valence-electron chi connectivity index (χ2n) is 12.8. The third-order valence-corrected chi connectivity index (χ3v) is 8.67. The molecule has 57 heavy (non-hydrogen) atoms. The van der Waals surface area contributed by atoms with Gasteiger partial charge in [-0.05, 0) is 36.6 Å². The second-order valence-corrected chi connectivity index (χ2v) is 12.8. The number of nitrogens with zero attached hydrogens (tertiary/aromatic N) is 1. The first kappa shape index (κ1) is 41.1. The zero-order valence-corrected chi connectivity index (χ0v) is 29.5. The topological polar surface area (TPSA) is 292 Å². The summed E-state index contributed by atoms with van der Waals surface area (Å²) in [5.41, 5.74) is 4.61. The third-order valence-electron chi connectivity index (χ3n) is 8.67. The molecule has 0 radical (unpaired) electrons. The van der Waals surface area contributed by atoms with Crippen LogP contribution in [0.1, 0.15) is 36.1 Å². The van der Waals surface area contributed by atoms with Crippen LogP contribution < -0.4 is 32.6 Å². The van der Waals surface area contributed by atoms with Crippen molar-refractivity contribution in [3.8, 4) is 0 Å². The van der Waals surface area contributed by atoms with Crippen LogP contribution in [0.4, 0.5) is 18.9 Å². The van der Waals surface area contributed by atoms with E-state index in [-0.39, 0.29) is 30.3 Å². The Kier molecular flexibility index (Phi) is 12.7. The van der Waals surface area contributed by atoms with Gasteiger partial charge in [0.1, 0.15) is 23.7 Å². The number of carbonyl (C=O) groups is 6. The number of aliphatic carboxylic acids is 2. The Morgan fingerprint density at radius 2 is 1.53 bits per heavy atom. The summed E-state index contributed by atoms with van der Waals surface area (Å²) in [6.45, 7) is 0. The van der Waals surface area contributed by atoms with E-state index in [9.17, 15) is 56.9 Å². The molecule has 4 atom stereocenters. The largest absolute Gasteiger partial charge is 0.481 e. The van der Waals surface area contributed by atoms with Crippen molar-refractivity contribution in [3.63, 3.8) is 0 Å². The van der Waals surface area contributed by atoms with Gasteiger partial charge in [-0.3, -0.25) is 28.8 Å². The first-order chi connectivity index (χ1) is 27.0. The summed E-state index contributed by atoms with van der Waals surface area (Å²) in [6, 6.07) is 4.26. The molecule has 0 bridgehead atoms. The Hall–Kier alpha value is -7.03. The summed E-state index contributed by atoms with van der Waals surface area (Å²) in [5, 5.41) is 28.6. The quantitative estimate of drug-likeness (QED) is 0.0606. The fourth-order valence-electron chi connectivity index (χ4n) is 5.90. The number of carboxylic acid groups (broad SMARTS) is 2. The molecular formula is C36H35F3N8O10. The summed E-state index contributed by atoms with van der Waals surface area (Å²) in [7, 11) is 0. The van der Waals surface area contributed by atoms with Crippen LogP contribution >= 0.6 is 0 Å². The molecule has 21 heteroatoms. The number of hydrogen-bond acceptors (Lipinski definition) is 10. The SMILES string of the molecule is N[C@H](Cc1c[nH]c2ccccc12)C(=O)N[C@H](CCC(=O)O)C(=O)N[C@@H](Cc1cnc[nH]1)C(=O)N[C@H](CC(=O)O)C(=O)Nc1ccc2c(C(F)(F)F)cc(=O)oc2c1. The minimum Gasteiger partial charge on any atom is -0.481 e. The number of halogens is 3. The molecule has 0 aliphatic heterocycles. The van der Waals surface area contributed by atoms with E-state index < -0.39 is 107 Å². The molecule has 0 fully saturated rings. The molecule has 5 rings (SSSR count). The number of nitrogens with one attached hydrogen (secondary N) is 6. The smallest absolute Gasteiger partial charge is 0.417 e. The number of anilines is 1. The van der Waals surface area contributed by atoms with E-state index in [1.807, 2.05) is 18.2 Å². The van der Waals surface area contributed by atoms with E-state index in [0.717, 1.165) is 29.1 Å². The fourth-order valence-corrected chi connectivity index (χ4v) is 5.90. The first-order valence-electron chi connectivity index (χ1n) is 17.1. The number of carboxylic acids is 2. The number of aromatic nitrogens is 3. The van der Waals surface area contributed by atoms with E-state index in [0.29, 0.717) is 5.56 Å². The predicted molar refractivity (Wildman–Crippen MR) is 193 cm³/mol. The molecule has 0 aliphatic carbocycles. The van der Waals surface area contributed by atoms with Crippen LogP contribution in [0.15, 0.2) is 76.5 Å². The number of aromatic amines is 2. The minimum atomic E-state index is -4.91. The maximum absolute atomic E-state index is 13.7. The van der Waals surface area contributed by atoms with Gasteiger partial charge in [-0.25, -0.2) is 9.78 Å². The van der Waals surface area contributed by atoms with Gasteiger partial charge in [-0.2, -0.15) is 13.2 Å². The summed E-state index contributed by atoms with van der Waals surface area (Å²) >= 11 is 0. The van der Waals surface area contributed by atoms with Gasteiger partial charge in [0.25, 0.3) is 0 Å². The van der Waals surface area contributed by atoms with Crippen LogP contribution in [-0.4, -0.2) is 84.9 Å².